The average molecular weight is 214 g/mol. The van der Waals surface area contributed by atoms with Crippen molar-refractivity contribution in [2.24, 2.45) is 0 Å². The fourth-order valence-electron chi connectivity index (χ4n) is 0.911. The lowest BCUT2D eigenvalue weighted by molar-refractivity contribution is 0.0696. The Morgan fingerprint density at radius 3 is 2.93 bits per heavy atom. The maximum absolute atomic E-state index is 10.5. The summed E-state index contributed by atoms with van der Waals surface area (Å²) < 4.78 is 5.12. The topological polar surface area (TPSA) is 50.4 Å². The van der Waals surface area contributed by atoms with Crippen LogP contribution in [0.25, 0.3) is 0 Å². The highest BCUT2D eigenvalue weighted by molar-refractivity contribution is 7.99. The van der Waals surface area contributed by atoms with Crippen molar-refractivity contribution in [3.63, 3.8) is 0 Å². The van der Waals surface area contributed by atoms with E-state index >= 15 is 0 Å². The van der Waals surface area contributed by atoms with E-state index in [1.807, 2.05) is 0 Å². The molecule has 0 spiro atoms. The fraction of sp³-hybridized carbons (Fsp3) is 0.500. The van der Waals surface area contributed by atoms with Gasteiger partial charge < -0.3 is 9.52 Å². The molecule has 0 amide bonds. The summed E-state index contributed by atoms with van der Waals surface area (Å²) >= 11 is 1.77. The molecule has 0 saturated heterocycles. The molecule has 1 aromatic rings. The first-order valence-corrected chi connectivity index (χ1v) is 5.60. The van der Waals surface area contributed by atoms with Crippen molar-refractivity contribution in [3.8, 4) is 0 Å². The van der Waals surface area contributed by atoms with Crippen LogP contribution in [-0.2, 0) is 5.75 Å². The number of carboxylic acid groups (broad SMARTS) is 1. The highest BCUT2D eigenvalue weighted by Crippen LogP contribution is 2.21. The van der Waals surface area contributed by atoms with Crippen molar-refractivity contribution in [1.82, 2.24) is 0 Å². The Hall–Kier alpha value is -0.900. The molecule has 4 heteroatoms. The van der Waals surface area contributed by atoms with Gasteiger partial charge in [-0.15, -0.1) is 0 Å². The van der Waals surface area contributed by atoms with Crippen molar-refractivity contribution >= 4 is 17.7 Å². The van der Waals surface area contributed by atoms with E-state index in [0.717, 1.165) is 17.9 Å². The van der Waals surface area contributed by atoms with E-state index in [4.69, 9.17) is 9.52 Å². The molecule has 14 heavy (non-hydrogen) atoms. The Morgan fingerprint density at radius 2 is 2.43 bits per heavy atom. The first-order chi connectivity index (χ1) is 6.63. The molecule has 1 atom stereocenters. The van der Waals surface area contributed by atoms with E-state index in [-0.39, 0.29) is 5.56 Å². The van der Waals surface area contributed by atoms with Crippen LogP contribution in [0.4, 0.5) is 0 Å². The Labute approximate surface area is 87.5 Å². The summed E-state index contributed by atoms with van der Waals surface area (Å²) in [6.07, 6.45) is 2.39. The number of carboxylic acids is 1. The maximum atomic E-state index is 10.5. The summed E-state index contributed by atoms with van der Waals surface area (Å²) in [6.45, 7) is 4.27. The Kier molecular flexibility index (Phi) is 4.07. The van der Waals surface area contributed by atoms with Gasteiger partial charge in [0.05, 0.1) is 11.3 Å². The summed E-state index contributed by atoms with van der Waals surface area (Å²) in [6, 6.07) is 1.58. The van der Waals surface area contributed by atoms with Gasteiger partial charge in [0.15, 0.2) is 0 Å². The third-order valence-corrected chi connectivity index (χ3v) is 3.34. The quantitative estimate of drug-likeness (QED) is 0.818. The van der Waals surface area contributed by atoms with Gasteiger partial charge >= 0.3 is 5.97 Å². The highest BCUT2D eigenvalue weighted by Gasteiger charge is 2.09. The van der Waals surface area contributed by atoms with Crippen LogP contribution in [-0.4, -0.2) is 16.3 Å². The molecule has 0 fully saturated rings. The van der Waals surface area contributed by atoms with E-state index in [0.29, 0.717) is 5.25 Å². The highest BCUT2D eigenvalue weighted by atomic mass is 32.2. The molecule has 1 heterocycles. The predicted molar refractivity (Wildman–Crippen MR) is 56.7 cm³/mol. The molecule has 1 rings (SSSR count). The molecule has 0 aliphatic rings. The molecule has 0 aliphatic carbocycles. The molecule has 0 radical (unpaired) electrons. The fourth-order valence-corrected chi connectivity index (χ4v) is 1.75. The lowest BCUT2D eigenvalue weighted by Gasteiger charge is -2.05. The van der Waals surface area contributed by atoms with Gasteiger partial charge in [-0.2, -0.15) is 11.8 Å². The van der Waals surface area contributed by atoms with Crippen LogP contribution in [0, 0.1) is 0 Å². The van der Waals surface area contributed by atoms with Crippen LogP contribution in [0.1, 0.15) is 36.4 Å². The van der Waals surface area contributed by atoms with Crippen molar-refractivity contribution in [2.75, 3.05) is 0 Å². The zero-order valence-electron chi connectivity index (χ0n) is 8.32. The van der Waals surface area contributed by atoms with E-state index < -0.39 is 5.97 Å². The molecule has 1 N–H and O–H groups in total. The third-order valence-electron chi connectivity index (χ3n) is 1.99. The first-order valence-electron chi connectivity index (χ1n) is 4.55. The predicted octanol–water partition coefficient (Wildman–Crippen LogP) is 3.01. The van der Waals surface area contributed by atoms with Crippen molar-refractivity contribution in [3.05, 3.63) is 23.7 Å². The molecule has 0 saturated carbocycles. The smallest absolute Gasteiger partial charge is 0.338 e. The molecule has 0 bridgehead atoms. The molecule has 0 aromatic carbocycles. The zero-order valence-corrected chi connectivity index (χ0v) is 9.13. The lowest BCUT2D eigenvalue weighted by atomic mass is 10.3. The van der Waals surface area contributed by atoms with Crippen LogP contribution in [0.2, 0.25) is 0 Å². The standard InChI is InChI=1S/C10H14O3S/c1-3-7(2)14-6-9-4-8(5-13-9)10(11)12/h4-5,7H,3,6H2,1-2H3,(H,11,12). The SMILES string of the molecule is CCC(C)SCc1cc(C(=O)O)co1. The van der Waals surface area contributed by atoms with Gasteiger partial charge in [0.2, 0.25) is 0 Å². The molecule has 0 aliphatic heterocycles. The summed E-state index contributed by atoms with van der Waals surface area (Å²) in [7, 11) is 0. The molecular formula is C10H14O3S. The number of thioether (sulfide) groups is 1. The van der Waals surface area contributed by atoms with Crippen LogP contribution >= 0.6 is 11.8 Å². The molecule has 3 nitrogen and oxygen atoms in total. The maximum Gasteiger partial charge on any atom is 0.338 e. The minimum Gasteiger partial charge on any atom is -0.478 e. The van der Waals surface area contributed by atoms with Crippen LogP contribution in [0.5, 0.6) is 0 Å². The number of hydrogen-bond acceptors (Lipinski definition) is 3. The minimum absolute atomic E-state index is 0.227. The Morgan fingerprint density at radius 1 is 1.71 bits per heavy atom. The molecular weight excluding hydrogens is 200 g/mol. The first kappa shape index (κ1) is 11.2. The summed E-state index contributed by atoms with van der Waals surface area (Å²) in [5, 5.41) is 9.23. The second kappa shape index (κ2) is 5.10. The Bertz CT molecular complexity index is 306. The van der Waals surface area contributed by atoms with E-state index in [2.05, 4.69) is 13.8 Å². The van der Waals surface area contributed by atoms with Crippen LogP contribution in [0.3, 0.4) is 0 Å². The second-order valence-corrected chi connectivity index (χ2v) is 4.56. The van der Waals surface area contributed by atoms with Crippen molar-refractivity contribution in [1.29, 1.82) is 0 Å². The number of hydrogen-bond donors (Lipinski definition) is 1. The monoisotopic (exact) mass is 214 g/mol. The zero-order chi connectivity index (χ0) is 10.6. The van der Waals surface area contributed by atoms with Gasteiger partial charge in [-0.3, -0.25) is 0 Å². The lowest BCUT2D eigenvalue weighted by Crippen LogP contribution is -1.93. The molecule has 78 valence electrons. The second-order valence-electron chi connectivity index (χ2n) is 3.14. The Balaban J connectivity index is 2.48. The van der Waals surface area contributed by atoms with E-state index in [1.54, 1.807) is 17.8 Å². The number of carbonyl (C=O) groups is 1. The van der Waals surface area contributed by atoms with Gasteiger partial charge in [0.25, 0.3) is 0 Å². The average Bonchev–Trinajstić information content (AvgIpc) is 2.62. The number of furan rings is 1. The van der Waals surface area contributed by atoms with Gasteiger partial charge in [-0.25, -0.2) is 4.79 Å². The third kappa shape index (κ3) is 3.10. The minimum atomic E-state index is -0.937. The number of aromatic carboxylic acids is 1. The number of rotatable bonds is 5. The van der Waals surface area contributed by atoms with Gasteiger partial charge in [-0.05, 0) is 12.5 Å². The van der Waals surface area contributed by atoms with Gasteiger partial charge in [0, 0.05) is 5.25 Å². The largest absolute Gasteiger partial charge is 0.478 e. The van der Waals surface area contributed by atoms with Crippen LogP contribution in [0.15, 0.2) is 16.7 Å². The van der Waals surface area contributed by atoms with Crippen molar-refractivity contribution in [2.45, 2.75) is 31.3 Å². The summed E-state index contributed by atoms with van der Waals surface area (Å²) in [5.41, 5.74) is 0.227. The van der Waals surface area contributed by atoms with Crippen molar-refractivity contribution < 1.29 is 14.3 Å². The van der Waals surface area contributed by atoms with E-state index in [9.17, 15) is 4.79 Å². The molecule has 1 unspecified atom stereocenters. The summed E-state index contributed by atoms with van der Waals surface area (Å²) in [5.74, 6) is 0.531. The van der Waals surface area contributed by atoms with Gasteiger partial charge in [-0.1, -0.05) is 13.8 Å². The van der Waals surface area contributed by atoms with Crippen LogP contribution < -0.4 is 0 Å². The summed E-state index contributed by atoms with van der Waals surface area (Å²) in [4.78, 5) is 10.5. The van der Waals surface area contributed by atoms with E-state index in [1.165, 1.54) is 6.26 Å². The normalized spacial score (nSPS) is 12.7. The molecule has 1 aromatic heterocycles. The van der Waals surface area contributed by atoms with Gasteiger partial charge in [0.1, 0.15) is 12.0 Å².